The summed E-state index contributed by atoms with van der Waals surface area (Å²) in [5.41, 5.74) is 2.65. The largest absolute Gasteiger partial charge is 0.481 e. The van der Waals surface area contributed by atoms with Crippen molar-refractivity contribution in [3.05, 3.63) is 52.2 Å². The smallest absolute Gasteiger partial charge is 0.303 e. The first-order chi connectivity index (χ1) is 13.7. The average molecular weight is 396 g/mol. The van der Waals surface area contributed by atoms with Crippen LogP contribution in [0, 0.1) is 0 Å². The Morgan fingerprint density at radius 3 is 2.75 bits per heavy atom. The summed E-state index contributed by atoms with van der Waals surface area (Å²) in [7, 11) is 0. The van der Waals surface area contributed by atoms with Crippen LogP contribution in [0.3, 0.4) is 0 Å². The van der Waals surface area contributed by atoms with Crippen molar-refractivity contribution in [3.63, 3.8) is 0 Å². The van der Waals surface area contributed by atoms with Crippen LogP contribution >= 0.6 is 11.3 Å². The maximum Gasteiger partial charge on any atom is 0.303 e. The summed E-state index contributed by atoms with van der Waals surface area (Å²) < 4.78 is 0. The van der Waals surface area contributed by atoms with Gasteiger partial charge in [-0.05, 0) is 49.7 Å². The van der Waals surface area contributed by atoms with E-state index in [0.717, 1.165) is 42.3 Å². The molecule has 1 aromatic carbocycles. The molecule has 5 nitrogen and oxygen atoms in total. The van der Waals surface area contributed by atoms with Gasteiger partial charge in [0.15, 0.2) is 0 Å². The fourth-order valence-corrected chi connectivity index (χ4v) is 5.06. The van der Waals surface area contributed by atoms with E-state index in [-0.39, 0.29) is 6.42 Å². The second kappa shape index (κ2) is 8.69. The van der Waals surface area contributed by atoms with Crippen molar-refractivity contribution in [1.82, 2.24) is 9.97 Å². The van der Waals surface area contributed by atoms with E-state index in [1.54, 1.807) is 0 Å². The number of carboxylic acids is 1. The molecule has 0 spiro atoms. The first kappa shape index (κ1) is 18.9. The highest BCUT2D eigenvalue weighted by Crippen LogP contribution is 2.38. The molecule has 146 valence electrons. The number of hydrogen-bond donors (Lipinski definition) is 2. The molecule has 28 heavy (non-hydrogen) atoms. The molecule has 1 aliphatic rings. The molecular formula is C22H25N3O2S. The number of rotatable bonds is 8. The number of carbonyl (C=O) groups is 1. The minimum absolute atomic E-state index is 0.203. The zero-order valence-electron chi connectivity index (χ0n) is 15.9. The van der Waals surface area contributed by atoms with Gasteiger partial charge in [0.1, 0.15) is 16.5 Å². The molecular weight excluding hydrogens is 370 g/mol. The highest BCUT2D eigenvalue weighted by Gasteiger charge is 2.21. The van der Waals surface area contributed by atoms with Crippen molar-refractivity contribution >= 4 is 33.3 Å². The molecule has 0 fully saturated rings. The molecule has 2 aromatic heterocycles. The number of carboxylic acid groups (broad SMARTS) is 1. The molecule has 0 bridgehead atoms. The van der Waals surface area contributed by atoms with Gasteiger partial charge in [-0.1, -0.05) is 30.3 Å². The van der Waals surface area contributed by atoms with Crippen molar-refractivity contribution < 1.29 is 9.90 Å². The topological polar surface area (TPSA) is 75.1 Å². The molecule has 1 aliphatic carbocycles. The Hall–Kier alpha value is -2.47. The first-order valence-electron chi connectivity index (χ1n) is 10.0. The van der Waals surface area contributed by atoms with Gasteiger partial charge >= 0.3 is 5.97 Å². The van der Waals surface area contributed by atoms with E-state index in [9.17, 15) is 4.79 Å². The van der Waals surface area contributed by atoms with Crippen molar-refractivity contribution in [2.24, 2.45) is 0 Å². The van der Waals surface area contributed by atoms with E-state index in [0.29, 0.717) is 12.8 Å². The summed E-state index contributed by atoms with van der Waals surface area (Å²) in [5, 5.41) is 13.6. The Balaban J connectivity index is 1.61. The van der Waals surface area contributed by atoms with E-state index in [4.69, 9.17) is 15.1 Å². The third-order valence-electron chi connectivity index (χ3n) is 5.20. The van der Waals surface area contributed by atoms with Crippen LogP contribution < -0.4 is 5.32 Å². The maximum absolute atomic E-state index is 10.7. The molecule has 0 unspecified atom stereocenters. The van der Waals surface area contributed by atoms with Crippen LogP contribution in [-0.4, -0.2) is 21.0 Å². The quantitative estimate of drug-likeness (QED) is 0.526. The predicted octanol–water partition coefficient (Wildman–Crippen LogP) is 4.98. The van der Waals surface area contributed by atoms with E-state index in [2.05, 4.69) is 17.4 Å². The summed E-state index contributed by atoms with van der Waals surface area (Å²) in [6, 6.07) is 10.3. The van der Waals surface area contributed by atoms with Crippen molar-refractivity contribution in [2.75, 3.05) is 5.32 Å². The summed E-state index contributed by atoms with van der Waals surface area (Å²) in [6.07, 6.45) is 7.10. The van der Waals surface area contributed by atoms with E-state index < -0.39 is 5.97 Å². The predicted molar refractivity (Wildman–Crippen MR) is 113 cm³/mol. The number of unbranched alkanes of at least 4 members (excludes halogenated alkanes) is 1. The minimum atomic E-state index is -0.743. The van der Waals surface area contributed by atoms with Gasteiger partial charge in [-0.3, -0.25) is 4.79 Å². The van der Waals surface area contributed by atoms with Crippen LogP contribution in [0.25, 0.3) is 10.2 Å². The molecule has 2 N–H and O–H groups in total. The van der Waals surface area contributed by atoms with Gasteiger partial charge in [-0.15, -0.1) is 11.3 Å². The zero-order chi connectivity index (χ0) is 19.3. The summed E-state index contributed by atoms with van der Waals surface area (Å²) in [6.45, 7) is 0.732. The Kier molecular flexibility index (Phi) is 5.86. The number of thiophene rings is 1. The number of nitrogens with one attached hydrogen (secondary N) is 1. The van der Waals surface area contributed by atoms with Gasteiger partial charge < -0.3 is 10.4 Å². The van der Waals surface area contributed by atoms with Crippen LogP contribution in [0.5, 0.6) is 0 Å². The van der Waals surface area contributed by atoms with Gasteiger partial charge in [-0.25, -0.2) is 9.97 Å². The lowest BCUT2D eigenvalue weighted by atomic mass is 9.97. The Bertz CT molecular complexity index is 969. The fraction of sp³-hybridized carbons (Fsp3) is 0.409. The summed E-state index contributed by atoms with van der Waals surface area (Å²) in [5.74, 6) is 1.00. The van der Waals surface area contributed by atoms with Gasteiger partial charge in [0.25, 0.3) is 0 Å². The van der Waals surface area contributed by atoms with Gasteiger partial charge in [0.05, 0.1) is 5.39 Å². The fourth-order valence-electron chi connectivity index (χ4n) is 3.78. The molecule has 0 saturated heterocycles. The molecule has 0 atom stereocenters. The lowest BCUT2D eigenvalue weighted by molar-refractivity contribution is -0.137. The number of anilines is 1. The molecule has 2 heterocycles. The maximum atomic E-state index is 10.7. The van der Waals surface area contributed by atoms with Crippen LogP contribution in [-0.2, 0) is 30.6 Å². The van der Waals surface area contributed by atoms with E-state index >= 15 is 0 Å². The lowest BCUT2D eigenvalue weighted by Gasteiger charge is -2.13. The van der Waals surface area contributed by atoms with Crippen LogP contribution in [0.2, 0.25) is 0 Å². The van der Waals surface area contributed by atoms with Gasteiger partial charge in [0, 0.05) is 24.3 Å². The molecule has 0 amide bonds. The number of benzene rings is 1. The highest BCUT2D eigenvalue weighted by molar-refractivity contribution is 7.19. The van der Waals surface area contributed by atoms with Gasteiger partial charge in [-0.2, -0.15) is 0 Å². The zero-order valence-corrected chi connectivity index (χ0v) is 16.7. The van der Waals surface area contributed by atoms with Crippen molar-refractivity contribution in [3.8, 4) is 0 Å². The molecule has 0 radical (unpaired) electrons. The molecule has 6 heteroatoms. The van der Waals surface area contributed by atoms with Crippen molar-refractivity contribution in [1.29, 1.82) is 0 Å². The summed E-state index contributed by atoms with van der Waals surface area (Å²) >= 11 is 1.81. The molecule has 0 aliphatic heterocycles. The molecule has 0 saturated carbocycles. The van der Waals surface area contributed by atoms with E-state index in [1.165, 1.54) is 34.2 Å². The first-order valence-corrected chi connectivity index (χ1v) is 10.8. The SMILES string of the molecule is O=C(O)CCCCc1nc(NCc2ccccc2)c2c3c(sc2n1)CCCC3. The third-order valence-corrected chi connectivity index (χ3v) is 6.39. The number of nitrogens with zero attached hydrogens (tertiary/aromatic N) is 2. The monoisotopic (exact) mass is 395 g/mol. The average Bonchev–Trinajstić information content (AvgIpc) is 3.08. The van der Waals surface area contributed by atoms with Crippen LogP contribution in [0.1, 0.15) is 53.9 Å². The van der Waals surface area contributed by atoms with Crippen LogP contribution in [0.4, 0.5) is 5.82 Å². The second-order valence-electron chi connectivity index (χ2n) is 7.32. The Labute approximate surface area is 168 Å². The molecule has 4 rings (SSSR count). The normalized spacial score (nSPS) is 13.4. The summed E-state index contributed by atoms with van der Waals surface area (Å²) in [4.78, 5) is 22.9. The number of aliphatic carboxylic acids is 1. The number of aryl methyl sites for hydroxylation is 3. The second-order valence-corrected chi connectivity index (χ2v) is 8.40. The lowest BCUT2D eigenvalue weighted by Crippen LogP contribution is -2.07. The van der Waals surface area contributed by atoms with Gasteiger partial charge in [0.2, 0.25) is 0 Å². The Morgan fingerprint density at radius 2 is 1.93 bits per heavy atom. The molecule has 3 aromatic rings. The minimum Gasteiger partial charge on any atom is -0.481 e. The number of hydrogen-bond acceptors (Lipinski definition) is 5. The third kappa shape index (κ3) is 4.33. The number of fused-ring (bicyclic) bond motifs is 3. The Morgan fingerprint density at radius 1 is 1.11 bits per heavy atom. The number of aromatic nitrogens is 2. The van der Waals surface area contributed by atoms with E-state index in [1.807, 2.05) is 29.5 Å². The van der Waals surface area contributed by atoms with Crippen LogP contribution in [0.15, 0.2) is 30.3 Å². The highest BCUT2D eigenvalue weighted by atomic mass is 32.1. The standard InChI is InChI=1S/C22H25N3O2S/c26-19(27)13-7-6-12-18-24-21(23-14-15-8-2-1-3-9-15)20-16-10-4-5-11-17(16)28-22(20)25-18/h1-3,8-9H,4-7,10-14H2,(H,26,27)(H,23,24,25). The van der Waals surface area contributed by atoms with Crippen molar-refractivity contribution in [2.45, 2.75) is 57.9 Å².